The molecule has 98 valence electrons. The van der Waals surface area contributed by atoms with E-state index in [1.807, 2.05) is 0 Å². The maximum Gasteiger partial charge on any atom is 0.00789 e. The van der Waals surface area contributed by atoms with Gasteiger partial charge < -0.3 is 5.32 Å². The van der Waals surface area contributed by atoms with Crippen molar-refractivity contribution in [1.82, 2.24) is 5.32 Å². The highest BCUT2D eigenvalue weighted by molar-refractivity contribution is 5.22. The van der Waals surface area contributed by atoms with E-state index >= 15 is 0 Å². The fraction of sp³-hybridized carbons (Fsp3) is 0.647. The highest BCUT2D eigenvalue weighted by atomic mass is 14.9. The van der Waals surface area contributed by atoms with Crippen molar-refractivity contribution in [2.24, 2.45) is 5.41 Å². The first-order valence-electron chi connectivity index (χ1n) is 7.54. The molecule has 0 unspecified atom stereocenters. The van der Waals surface area contributed by atoms with Crippen molar-refractivity contribution in [3.63, 3.8) is 0 Å². The van der Waals surface area contributed by atoms with Crippen LogP contribution in [0.4, 0.5) is 0 Å². The van der Waals surface area contributed by atoms with Crippen LogP contribution >= 0.6 is 0 Å². The first kappa shape index (κ1) is 12.2. The number of hydrogen-bond acceptors (Lipinski definition) is 1. The number of hydrogen-bond donors (Lipinski definition) is 1. The third-order valence-corrected chi connectivity index (χ3v) is 5.04. The lowest BCUT2D eigenvalue weighted by molar-refractivity contribution is 0.234. The maximum absolute atomic E-state index is 3.80. The van der Waals surface area contributed by atoms with Gasteiger partial charge in [0, 0.05) is 12.6 Å². The number of benzene rings is 1. The Bertz CT molecular complexity index is 372. The van der Waals surface area contributed by atoms with Crippen LogP contribution in [0.15, 0.2) is 30.3 Å². The second kappa shape index (κ2) is 5.05. The highest BCUT2D eigenvalue weighted by Crippen LogP contribution is 2.39. The van der Waals surface area contributed by atoms with E-state index in [9.17, 15) is 0 Å². The summed E-state index contributed by atoms with van der Waals surface area (Å²) in [6.07, 6.45) is 8.40. The number of nitrogens with one attached hydrogen (secondary N) is 1. The Kier molecular flexibility index (Phi) is 3.43. The number of rotatable bonds is 4. The van der Waals surface area contributed by atoms with E-state index in [0.717, 1.165) is 12.0 Å². The fourth-order valence-electron chi connectivity index (χ4n) is 3.58. The van der Waals surface area contributed by atoms with Crippen LogP contribution in [-0.2, 0) is 0 Å². The van der Waals surface area contributed by atoms with Gasteiger partial charge in [-0.1, -0.05) is 50.1 Å². The Balaban J connectivity index is 1.43. The zero-order valence-corrected chi connectivity index (χ0v) is 11.5. The predicted molar refractivity (Wildman–Crippen MR) is 76.8 cm³/mol. The molecule has 0 atom stereocenters. The van der Waals surface area contributed by atoms with Gasteiger partial charge >= 0.3 is 0 Å². The van der Waals surface area contributed by atoms with E-state index in [-0.39, 0.29) is 0 Å². The molecule has 1 aromatic carbocycles. The van der Waals surface area contributed by atoms with Crippen molar-refractivity contribution in [2.75, 3.05) is 6.54 Å². The van der Waals surface area contributed by atoms with Gasteiger partial charge in [-0.15, -0.1) is 0 Å². The van der Waals surface area contributed by atoms with Crippen molar-refractivity contribution in [3.05, 3.63) is 35.9 Å². The third kappa shape index (κ3) is 2.61. The van der Waals surface area contributed by atoms with Crippen LogP contribution < -0.4 is 5.32 Å². The normalized spacial score (nSPS) is 30.1. The SMILES string of the molecule is CC1(CNC2CC(c3ccccc3)C2)CCCC1. The zero-order valence-electron chi connectivity index (χ0n) is 11.5. The van der Waals surface area contributed by atoms with Crippen LogP contribution in [-0.4, -0.2) is 12.6 Å². The molecule has 2 aliphatic carbocycles. The second-order valence-corrected chi connectivity index (χ2v) is 6.67. The summed E-state index contributed by atoms with van der Waals surface area (Å²) < 4.78 is 0. The van der Waals surface area contributed by atoms with E-state index in [0.29, 0.717) is 5.41 Å². The molecule has 0 saturated heterocycles. The van der Waals surface area contributed by atoms with E-state index in [1.54, 1.807) is 0 Å². The minimum Gasteiger partial charge on any atom is -0.313 e. The highest BCUT2D eigenvalue weighted by Gasteiger charge is 2.33. The Labute approximate surface area is 111 Å². The Morgan fingerprint density at radius 1 is 1.11 bits per heavy atom. The molecule has 1 N–H and O–H groups in total. The molecule has 0 bridgehead atoms. The summed E-state index contributed by atoms with van der Waals surface area (Å²) >= 11 is 0. The standard InChI is InChI=1S/C17H25N/c1-17(9-5-6-10-17)13-18-16-11-15(12-16)14-7-3-2-4-8-14/h2-4,7-8,15-16,18H,5-6,9-13H2,1H3. The van der Waals surface area contributed by atoms with E-state index in [4.69, 9.17) is 0 Å². The van der Waals surface area contributed by atoms with Gasteiger partial charge in [-0.3, -0.25) is 0 Å². The van der Waals surface area contributed by atoms with Crippen LogP contribution in [0, 0.1) is 5.41 Å². The molecule has 1 aromatic rings. The molecule has 0 aromatic heterocycles. The van der Waals surface area contributed by atoms with E-state index < -0.39 is 0 Å². The molecule has 0 aliphatic heterocycles. The second-order valence-electron chi connectivity index (χ2n) is 6.67. The minimum absolute atomic E-state index is 0.595. The molecular weight excluding hydrogens is 218 g/mol. The van der Waals surface area contributed by atoms with Crippen molar-refractivity contribution >= 4 is 0 Å². The van der Waals surface area contributed by atoms with Crippen LogP contribution in [0.1, 0.15) is 56.9 Å². The quantitative estimate of drug-likeness (QED) is 0.839. The van der Waals surface area contributed by atoms with Crippen molar-refractivity contribution < 1.29 is 0 Å². The van der Waals surface area contributed by atoms with Gasteiger partial charge in [-0.05, 0) is 42.6 Å². The van der Waals surface area contributed by atoms with Crippen LogP contribution in [0.5, 0.6) is 0 Å². The zero-order chi connectivity index (χ0) is 12.4. The van der Waals surface area contributed by atoms with Gasteiger partial charge in [-0.2, -0.15) is 0 Å². The third-order valence-electron chi connectivity index (χ3n) is 5.04. The molecule has 3 rings (SSSR count). The Morgan fingerprint density at radius 3 is 2.44 bits per heavy atom. The van der Waals surface area contributed by atoms with Gasteiger partial charge in [0.05, 0.1) is 0 Å². The van der Waals surface area contributed by atoms with Gasteiger partial charge in [0.25, 0.3) is 0 Å². The summed E-state index contributed by atoms with van der Waals surface area (Å²) in [5.41, 5.74) is 2.13. The minimum atomic E-state index is 0.595. The van der Waals surface area contributed by atoms with Crippen molar-refractivity contribution in [1.29, 1.82) is 0 Å². The van der Waals surface area contributed by atoms with Gasteiger partial charge in [0.2, 0.25) is 0 Å². The van der Waals surface area contributed by atoms with Crippen molar-refractivity contribution in [3.8, 4) is 0 Å². The predicted octanol–water partition coefficient (Wildman–Crippen LogP) is 4.10. The van der Waals surface area contributed by atoms with Crippen LogP contribution in [0.2, 0.25) is 0 Å². The molecular formula is C17H25N. The Morgan fingerprint density at radius 2 is 1.78 bits per heavy atom. The lowest BCUT2D eigenvalue weighted by atomic mass is 9.75. The van der Waals surface area contributed by atoms with E-state index in [1.165, 1.54) is 50.6 Å². The summed E-state index contributed by atoms with van der Waals surface area (Å²) in [5.74, 6) is 0.806. The topological polar surface area (TPSA) is 12.0 Å². The van der Waals surface area contributed by atoms with Crippen molar-refractivity contribution in [2.45, 2.75) is 57.4 Å². The first-order valence-corrected chi connectivity index (χ1v) is 7.54. The monoisotopic (exact) mass is 243 g/mol. The molecule has 18 heavy (non-hydrogen) atoms. The molecule has 2 saturated carbocycles. The smallest absolute Gasteiger partial charge is 0.00789 e. The lowest BCUT2D eigenvalue weighted by Gasteiger charge is -2.38. The Hall–Kier alpha value is -0.820. The molecule has 1 nitrogen and oxygen atoms in total. The lowest BCUT2D eigenvalue weighted by Crippen LogP contribution is -2.44. The van der Waals surface area contributed by atoms with E-state index in [2.05, 4.69) is 42.6 Å². The van der Waals surface area contributed by atoms with Gasteiger partial charge in [0.15, 0.2) is 0 Å². The average molecular weight is 243 g/mol. The molecule has 2 fully saturated rings. The summed E-state index contributed by atoms with van der Waals surface area (Å²) in [7, 11) is 0. The maximum atomic E-state index is 3.80. The molecule has 0 spiro atoms. The molecule has 2 aliphatic rings. The van der Waals surface area contributed by atoms with Gasteiger partial charge in [0.1, 0.15) is 0 Å². The largest absolute Gasteiger partial charge is 0.313 e. The summed E-state index contributed by atoms with van der Waals surface area (Å²) in [4.78, 5) is 0. The average Bonchev–Trinajstić information content (AvgIpc) is 2.76. The molecule has 1 heteroatoms. The van der Waals surface area contributed by atoms with Crippen LogP contribution in [0.25, 0.3) is 0 Å². The van der Waals surface area contributed by atoms with Gasteiger partial charge in [-0.25, -0.2) is 0 Å². The molecule has 0 heterocycles. The summed E-state index contributed by atoms with van der Waals surface area (Å²) in [6, 6.07) is 11.8. The van der Waals surface area contributed by atoms with Crippen LogP contribution in [0.3, 0.4) is 0 Å². The fourth-order valence-corrected chi connectivity index (χ4v) is 3.58. The molecule has 0 radical (unpaired) electrons. The summed E-state index contributed by atoms with van der Waals surface area (Å²) in [5, 5.41) is 3.80. The summed E-state index contributed by atoms with van der Waals surface area (Å²) in [6.45, 7) is 3.69. The first-order chi connectivity index (χ1) is 8.75. The molecule has 0 amide bonds.